The molecule has 0 bridgehead atoms. The van der Waals surface area contributed by atoms with Gasteiger partial charge in [-0.25, -0.2) is 0 Å². The average molecular weight is 309 g/mol. The lowest BCUT2D eigenvalue weighted by Crippen LogP contribution is -2.40. The predicted molar refractivity (Wildman–Crippen MR) is 78.7 cm³/mol. The molecular weight excluding hydrogens is 288 g/mol. The Labute approximate surface area is 118 Å². The molecule has 0 radical (unpaired) electrons. The quantitative estimate of drug-likeness (QED) is 0.904. The predicted octanol–water partition coefficient (Wildman–Crippen LogP) is 2.81. The van der Waals surface area contributed by atoms with Gasteiger partial charge in [0.2, 0.25) is 0 Å². The number of nitrogens with one attached hydrogen (secondary N) is 1. The Bertz CT molecular complexity index is 438. The van der Waals surface area contributed by atoms with Crippen molar-refractivity contribution in [2.45, 2.75) is 26.3 Å². The highest BCUT2D eigenvalue weighted by molar-refractivity contribution is 9.10. The summed E-state index contributed by atoms with van der Waals surface area (Å²) in [6.45, 7) is 8.35. The molecule has 2 aliphatic rings. The minimum absolute atomic E-state index is 0.479. The molecular formula is C15H21BrN2. The van der Waals surface area contributed by atoms with Crippen LogP contribution < -0.4 is 5.32 Å². The first-order valence-corrected chi connectivity index (χ1v) is 7.64. The number of fused-ring (bicyclic) bond motifs is 1. The number of nitrogens with zero attached hydrogens (tertiary/aromatic N) is 1. The lowest BCUT2D eigenvalue weighted by Gasteiger charge is -2.35. The van der Waals surface area contributed by atoms with E-state index in [1.807, 2.05) is 0 Å². The summed E-state index contributed by atoms with van der Waals surface area (Å²) >= 11 is 3.56. The van der Waals surface area contributed by atoms with Crippen molar-refractivity contribution < 1.29 is 0 Å². The minimum Gasteiger partial charge on any atom is -0.316 e. The zero-order chi connectivity index (χ0) is 12.6. The van der Waals surface area contributed by atoms with Crippen molar-refractivity contribution in [3.8, 4) is 0 Å². The normalized spacial score (nSPS) is 28.3. The summed E-state index contributed by atoms with van der Waals surface area (Å²) in [6, 6.07) is 6.73. The standard InChI is InChI=1S/C15H21BrN2/c1-15(5-6-17-10-15)11-18-7-4-12-8-14(16)3-2-13(12)9-18/h2-3,8,17H,4-7,9-11H2,1H3. The highest BCUT2D eigenvalue weighted by atomic mass is 79.9. The van der Waals surface area contributed by atoms with Crippen LogP contribution in [0.25, 0.3) is 0 Å². The van der Waals surface area contributed by atoms with E-state index in [1.54, 1.807) is 0 Å². The maximum absolute atomic E-state index is 3.56. The molecule has 1 fully saturated rings. The van der Waals surface area contributed by atoms with Gasteiger partial charge in [-0.15, -0.1) is 0 Å². The van der Waals surface area contributed by atoms with Crippen molar-refractivity contribution in [2.75, 3.05) is 26.2 Å². The van der Waals surface area contributed by atoms with Crippen molar-refractivity contribution >= 4 is 15.9 Å². The largest absolute Gasteiger partial charge is 0.316 e. The molecule has 2 aliphatic heterocycles. The van der Waals surface area contributed by atoms with Crippen molar-refractivity contribution in [3.05, 3.63) is 33.8 Å². The summed E-state index contributed by atoms with van der Waals surface area (Å²) in [4.78, 5) is 2.63. The molecule has 0 aliphatic carbocycles. The zero-order valence-corrected chi connectivity index (χ0v) is 12.6. The summed E-state index contributed by atoms with van der Waals surface area (Å²) in [5.74, 6) is 0. The third-order valence-electron chi connectivity index (χ3n) is 4.32. The van der Waals surface area contributed by atoms with E-state index >= 15 is 0 Å². The zero-order valence-electron chi connectivity index (χ0n) is 11.0. The molecule has 98 valence electrons. The van der Waals surface area contributed by atoms with Crippen LogP contribution in [0.2, 0.25) is 0 Å². The van der Waals surface area contributed by atoms with Gasteiger partial charge in [0.15, 0.2) is 0 Å². The van der Waals surface area contributed by atoms with E-state index in [4.69, 9.17) is 0 Å². The van der Waals surface area contributed by atoms with Gasteiger partial charge in [0, 0.05) is 30.7 Å². The summed E-state index contributed by atoms with van der Waals surface area (Å²) in [6.07, 6.45) is 2.51. The lowest BCUT2D eigenvalue weighted by atomic mass is 9.88. The van der Waals surface area contributed by atoms with Crippen LogP contribution >= 0.6 is 15.9 Å². The third-order valence-corrected chi connectivity index (χ3v) is 4.82. The molecule has 1 aromatic carbocycles. The van der Waals surface area contributed by atoms with E-state index in [0.717, 1.165) is 6.54 Å². The summed E-state index contributed by atoms with van der Waals surface area (Å²) in [5.41, 5.74) is 3.52. The van der Waals surface area contributed by atoms with Crippen molar-refractivity contribution in [2.24, 2.45) is 5.41 Å². The van der Waals surface area contributed by atoms with Crippen LogP contribution in [0.1, 0.15) is 24.5 Å². The SMILES string of the molecule is CC1(CN2CCc3cc(Br)ccc3C2)CCNC1. The fraction of sp³-hybridized carbons (Fsp3) is 0.600. The van der Waals surface area contributed by atoms with E-state index in [-0.39, 0.29) is 0 Å². The van der Waals surface area contributed by atoms with Crippen molar-refractivity contribution in [1.82, 2.24) is 10.2 Å². The van der Waals surface area contributed by atoms with Crippen LogP contribution in [0.4, 0.5) is 0 Å². The molecule has 3 rings (SSSR count). The summed E-state index contributed by atoms with van der Waals surface area (Å²) in [5, 5.41) is 3.50. The second-order valence-corrected chi connectivity index (χ2v) is 7.03. The monoisotopic (exact) mass is 308 g/mol. The van der Waals surface area contributed by atoms with Gasteiger partial charge in [-0.3, -0.25) is 4.90 Å². The Kier molecular flexibility index (Phi) is 3.48. The van der Waals surface area contributed by atoms with Crippen LogP contribution in [0.3, 0.4) is 0 Å². The Balaban J connectivity index is 1.69. The molecule has 1 atom stereocenters. The number of hydrogen-bond acceptors (Lipinski definition) is 2. The van der Waals surface area contributed by atoms with Crippen LogP contribution in [0.5, 0.6) is 0 Å². The molecule has 3 heteroatoms. The molecule has 0 amide bonds. The Morgan fingerprint density at radius 3 is 3.06 bits per heavy atom. The van der Waals surface area contributed by atoms with Gasteiger partial charge in [0.05, 0.1) is 0 Å². The Morgan fingerprint density at radius 2 is 2.28 bits per heavy atom. The molecule has 2 heterocycles. The van der Waals surface area contributed by atoms with Crippen molar-refractivity contribution in [1.29, 1.82) is 0 Å². The lowest BCUT2D eigenvalue weighted by molar-refractivity contribution is 0.164. The molecule has 1 saturated heterocycles. The third kappa shape index (κ3) is 2.63. The van der Waals surface area contributed by atoms with Crippen LogP contribution in [0.15, 0.2) is 22.7 Å². The first-order valence-electron chi connectivity index (χ1n) is 6.85. The van der Waals surface area contributed by atoms with E-state index in [2.05, 4.69) is 51.3 Å². The van der Waals surface area contributed by atoms with Crippen LogP contribution in [-0.2, 0) is 13.0 Å². The fourth-order valence-corrected chi connectivity index (χ4v) is 3.67. The average Bonchev–Trinajstić information content (AvgIpc) is 2.76. The highest BCUT2D eigenvalue weighted by Crippen LogP contribution is 2.29. The topological polar surface area (TPSA) is 15.3 Å². The number of hydrogen-bond donors (Lipinski definition) is 1. The summed E-state index contributed by atoms with van der Waals surface area (Å²) < 4.78 is 1.21. The van der Waals surface area contributed by atoms with E-state index in [0.29, 0.717) is 5.41 Å². The molecule has 2 nitrogen and oxygen atoms in total. The van der Waals surface area contributed by atoms with Gasteiger partial charge >= 0.3 is 0 Å². The minimum atomic E-state index is 0.479. The number of benzene rings is 1. The number of halogens is 1. The van der Waals surface area contributed by atoms with Crippen LogP contribution in [0, 0.1) is 5.41 Å². The second-order valence-electron chi connectivity index (χ2n) is 6.11. The van der Waals surface area contributed by atoms with Gasteiger partial charge in [-0.1, -0.05) is 28.9 Å². The van der Waals surface area contributed by atoms with E-state index in [1.165, 1.54) is 54.6 Å². The number of rotatable bonds is 2. The van der Waals surface area contributed by atoms with Crippen molar-refractivity contribution in [3.63, 3.8) is 0 Å². The molecule has 1 aromatic rings. The molecule has 18 heavy (non-hydrogen) atoms. The first-order chi connectivity index (χ1) is 8.65. The van der Waals surface area contributed by atoms with Gasteiger partial charge < -0.3 is 5.32 Å². The molecule has 1 unspecified atom stereocenters. The molecule has 0 aromatic heterocycles. The van der Waals surface area contributed by atoms with E-state index in [9.17, 15) is 0 Å². The van der Waals surface area contributed by atoms with Gasteiger partial charge in [-0.2, -0.15) is 0 Å². The van der Waals surface area contributed by atoms with Gasteiger partial charge in [0.1, 0.15) is 0 Å². The van der Waals surface area contributed by atoms with Gasteiger partial charge in [-0.05, 0) is 48.1 Å². The smallest absolute Gasteiger partial charge is 0.0236 e. The maximum atomic E-state index is 3.56. The Hall–Kier alpha value is -0.380. The second kappa shape index (κ2) is 4.95. The molecule has 1 N–H and O–H groups in total. The molecule has 0 spiro atoms. The van der Waals surface area contributed by atoms with Crippen LogP contribution in [-0.4, -0.2) is 31.1 Å². The fourth-order valence-electron chi connectivity index (χ4n) is 3.26. The molecule has 0 saturated carbocycles. The van der Waals surface area contributed by atoms with E-state index < -0.39 is 0 Å². The first kappa shape index (κ1) is 12.6. The highest BCUT2D eigenvalue weighted by Gasteiger charge is 2.31. The maximum Gasteiger partial charge on any atom is 0.0236 e. The summed E-state index contributed by atoms with van der Waals surface area (Å²) in [7, 11) is 0. The van der Waals surface area contributed by atoms with Gasteiger partial charge in [0.25, 0.3) is 0 Å². The Morgan fingerprint density at radius 1 is 1.39 bits per heavy atom.